The van der Waals surface area contributed by atoms with Gasteiger partial charge in [0.2, 0.25) is 0 Å². The van der Waals surface area contributed by atoms with Crippen LogP contribution in [0.25, 0.3) is 11.1 Å². The van der Waals surface area contributed by atoms with Gasteiger partial charge in [0, 0.05) is 23.3 Å². The van der Waals surface area contributed by atoms with Crippen LogP contribution in [0.5, 0.6) is 0 Å². The fourth-order valence-corrected chi connectivity index (χ4v) is 5.03. The van der Waals surface area contributed by atoms with Crippen LogP contribution < -0.4 is 0 Å². The summed E-state index contributed by atoms with van der Waals surface area (Å²) in [5.74, 6) is 0.195. The molecule has 0 bridgehead atoms. The topological polar surface area (TPSA) is 33.2 Å². The van der Waals surface area contributed by atoms with Gasteiger partial charge in [0.15, 0.2) is 0 Å². The molecule has 1 aliphatic heterocycles. The maximum Gasteiger partial charge on any atom is 0.254 e. The van der Waals surface area contributed by atoms with Gasteiger partial charge in [-0.05, 0) is 103 Å². The predicted octanol–water partition coefficient (Wildman–Crippen LogP) is 6.31. The number of hydrogen-bond acceptors (Lipinski definition) is 2. The molecule has 1 fully saturated rings. The second-order valence-electron chi connectivity index (χ2n) is 8.73. The quantitative estimate of drug-likeness (QED) is 0.482. The lowest BCUT2D eigenvalue weighted by Crippen LogP contribution is -2.41. The smallest absolute Gasteiger partial charge is 0.254 e. The number of carbonyl (C=O) groups excluding carboxylic acids is 1. The van der Waals surface area contributed by atoms with Gasteiger partial charge in [-0.1, -0.05) is 17.7 Å². The van der Waals surface area contributed by atoms with Gasteiger partial charge in [-0.3, -0.25) is 9.78 Å². The summed E-state index contributed by atoms with van der Waals surface area (Å²) >= 11 is 6.46. The summed E-state index contributed by atoms with van der Waals surface area (Å²) in [6, 6.07) is 12.5. The highest BCUT2D eigenvalue weighted by molar-refractivity contribution is 6.31. The molecule has 2 aromatic carbocycles. The normalized spacial score (nSPS) is 16.9. The molecule has 1 aliphatic carbocycles. The molecule has 5 rings (SSSR count). The first-order valence-corrected chi connectivity index (χ1v) is 11.1. The maximum absolute atomic E-state index is 13.7. The van der Waals surface area contributed by atoms with Crippen molar-refractivity contribution in [3.63, 3.8) is 0 Å². The number of amides is 1. The van der Waals surface area contributed by atoms with Crippen LogP contribution in [-0.2, 0) is 6.42 Å². The second kappa shape index (κ2) is 7.76. The summed E-state index contributed by atoms with van der Waals surface area (Å²) in [4.78, 5) is 20.3. The molecule has 0 saturated heterocycles. The van der Waals surface area contributed by atoms with E-state index < -0.39 is 0 Å². The van der Waals surface area contributed by atoms with Crippen LogP contribution in [0.4, 0.5) is 4.39 Å². The summed E-state index contributed by atoms with van der Waals surface area (Å²) < 4.78 is 13.7. The highest BCUT2D eigenvalue weighted by Gasteiger charge is 2.41. The van der Waals surface area contributed by atoms with Crippen LogP contribution >= 0.6 is 11.6 Å². The van der Waals surface area contributed by atoms with E-state index in [1.165, 1.54) is 12.1 Å². The molecule has 158 valence electrons. The van der Waals surface area contributed by atoms with E-state index in [2.05, 4.69) is 18.0 Å². The van der Waals surface area contributed by atoms with Crippen molar-refractivity contribution in [2.45, 2.75) is 39.2 Å². The average molecular weight is 435 g/mol. The zero-order valence-electron chi connectivity index (χ0n) is 17.7. The van der Waals surface area contributed by atoms with Crippen molar-refractivity contribution in [3.05, 3.63) is 87.4 Å². The third kappa shape index (κ3) is 3.74. The van der Waals surface area contributed by atoms with Crippen molar-refractivity contribution in [1.29, 1.82) is 0 Å². The average Bonchev–Trinajstić information content (AvgIpc) is 3.55. The van der Waals surface area contributed by atoms with E-state index >= 15 is 0 Å². The van der Waals surface area contributed by atoms with Crippen LogP contribution in [0.15, 0.2) is 48.7 Å². The van der Waals surface area contributed by atoms with Crippen LogP contribution in [0.2, 0.25) is 5.02 Å². The molecule has 3 nitrogen and oxygen atoms in total. The minimum Gasteiger partial charge on any atom is -0.329 e. The summed E-state index contributed by atoms with van der Waals surface area (Å²) in [6.07, 6.45) is 4.80. The maximum atomic E-state index is 13.7. The Bertz CT molecular complexity index is 1190. The SMILES string of the molecule is Cc1ccnc([C@H](C2CC2)N2CCc3c(cc(Cl)cc3-c3ccc(F)cc3C)C2=O)c1. The molecule has 2 aliphatic rings. The number of aryl methyl sites for hydroxylation is 2. The van der Waals surface area contributed by atoms with Gasteiger partial charge < -0.3 is 4.90 Å². The van der Waals surface area contributed by atoms with E-state index in [1.807, 2.05) is 30.2 Å². The van der Waals surface area contributed by atoms with Crippen molar-refractivity contribution in [2.24, 2.45) is 5.92 Å². The number of rotatable bonds is 4. The van der Waals surface area contributed by atoms with Crippen LogP contribution in [0, 0.1) is 25.6 Å². The molecule has 0 spiro atoms. The highest BCUT2D eigenvalue weighted by Crippen LogP contribution is 2.46. The van der Waals surface area contributed by atoms with E-state index in [0.29, 0.717) is 23.0 Å². The largest absolute Gasteiger partial charge is 0.329 e. The zero-order chi connectivity index (χ0) is 21.7. The third-order valence-corrected chi connectivity index (χ3v) is 6.65. The molecule has 1 atom stereocenters. The van der Waals surface area contributed by atoms with Gasteiger partial charge in [0.25, 0.3) is 5.91 Å². The van der Waals surface area contributed by atoms with Crippen LogP contribution in [0.3, 0.4) is 0 Å². The van der Waals surface area contributed by atoms with E-state index in [4.69, 9.17) is 11.6 Å². The number of hydrogen-bond donors (Lipinski definition) is 0. The fraction of sp³-hybridized carbons (Fsp3) is 0.308. The molecule has 1 aromatic heterocycles. The molecule has 31 heavy (non-hydrogen) atoms. The Balaban J connectivity index is 1.58. The van der Waals surface area contributed by atoms with Gasteiger partial charge in [0.05, 0.1) is 11.7 Å². The highest BCUT2D eigenvalue weighted by atomic mass is 35.5. The first kappa shape index (κ1) is 20.2. The molecule has 0 unspecified atom stereocenters. The van der Waals surface area contributed by atoms with E-state index in [1.54, 1.807) is 12.1 Å². The van der Waals surface area contributed by atoms with Gasteiger partial charge in [-0.2, -0.15) is 0 Å². The molecule has 1 saturated carbocycles. The molecular formula is C26H24ClFN2O. The molecule has 1 amide bonds. The Hall–Kier alpha value is -2.72. The molecule has 5 heteroatoms. The lowest BCUT2D eigenvalue weighted by molar-refractivity contribution is 0.0628. The summed E-state index contributed by atoms with van der Waals surface area (Å²) in [5, 5.41) is 0.518. The molecule has 0 radical (unpaired) electrons. The number of carbonyl (C=O) groups is 1. The molecule has 3 aromatic rings. The van der Waals surface area contributed by atoms with E-state index in [9.17, 15) is 9.18 Å². The lowest BCUT2D eigenvalue weighted by atomic mass is 9.87. The molecule has 0 N–H and O–H groups in total. The lowest BCUT2D eigenvalue weighted by Gasteiger charge is -2.36. The first-order valence-electron chi connectivity index (χ1n) is 10.7. The Morgan fingerprint density at radius 2 is 1.84 bits per heavy atom. The van der Waals surface area contributed by atoms with E-state index in [-0.39, 0.29) is 17.8 Å². The summed E-state index contributed by atoms with van der Waals surface area (Å²) in [5.41, 5.74) is 6.43. The number of benzene rings is 2. The van der Waals surface area contributed by atoms with Gasteiger partial charge >= 0.3 is 0 Å². The Labute approximate surface area is 186 Å². The van der Waals surface area contributed by atoms with Crippen molar-refractivity contribution < 1.29 is 9.18 Å². The summed E-state index contributed by atoms with van der Waals surface area (Å²) in [7, 11) is 0. The Morgan fingerprint density at radius 3 is 2.55 bits per heavy atom. The van der Waals surface area contributed by atoms with Gasteiger partial charge in [0.1, 0.15) is 5.82 Å². The Morgan fingerprint density at radius 1 is 1.06 bits per heavy atom. The van der Waals surface area contributed by atoms with Crippen molar-refractivity contribution in [3.8, 4) is 11.1 Å². The van der Waals surface area contributed by atoms with Crippen molar-refractivity contribution in [2.75, 3.05) is 6.54 Å². The standard InChI is InChI=1S/C26H24ClFN2O/c1-15-7-9-29-24(11-15)25(17-3-4-17)30-10-8-21-22(13-18(27)14-23(21)26(30)31)20-6-5-19(28)12-16(20)2/h5-7,9,11-14,17,25H,3-4,8,10H2,1-2H3/t25-/m0/s1. The van der Waals surface area contributed by atoms with Crippen molar-refractivity contribution >= 4 is 17.5 Å². The van der Waals surface area contributed by atoms with Crippen LogP contribution in [0.1, 0.15) is 51.6 Å². The van der Waals surface area contributed by atoms with E-state index in [0.717, 1.165) is 52.8 Å². The number of fused-ring (bicyclic) bond motifs is 1. The number of pyridine rings is 1. The van der Waals surface area contributed by atoms with Crippen LogP contribution in [-0.4, -0.2) is 22.3 Å². The number of nitrogens with zero attached hydrogens (tertiary/aromatic N) is 2. The minimum atomic E-state index is -0.266. The van der Waals surface area contributed by atoms with Gasteiger partial charge in [-0.15, -0.1) is 0 Å². The third-order valence-electron chi connectivity index (χ3n) is 6.43. The monoisotopic (exact) mass is 434 g/mol. The predicted molar refractivity (Wildman–Crippen MR) is 121 cm³/mol. The van der Waals surface area contributed by atoms with Crippen molar-refractivity contribution in [1.82, 2.24) is 9.88 Å². The molecule has 2 heterocycles. The first-order chi connectivity index (χ1) is 14.9. The van der Waals surface area contributed by atoms with Gasteiger partial charge in [-0.25, -0.2) is 4.39 Å². The molecular weight excluding hydrogens is 411 g/mol. The minimum absolute atomic E-state index is 0.00413. The second-order valence-corrected chi connectivity index (χ2v) is 9.16. The number of aromatic nitrogens is 1. The fourth-order valence-electron chi connectivity index (χ4n) is 4.81. The number of halogens is 2. The summed E-state index contributed by atoms with van der Waals surface area (Å²) in [6.45, 7) is 4.58. The zero-order valence-corrected chi connectivity index (χ0v) is 18.4. The Kier molecular flexibility index (Phi) is 5.05.